The van der Waals surface area contributed by atoms with Gasteiger partial charge in [-0.2, -0.15) is 4.98 Å². The van der Waals surface area contributed by atoms with Crippen molar-refractivity contribution in [3.63, 3.8) is 0 Å². The summed E-state index contributed by atoms with van der Waals surface area (Å²) in [5.74, 6) is 0. The van der Waals surface area contributed by atoms with Crippen molar-refractivity contribution in [1.82, 2.24) is 20.3 Å². The highest BCUT2D eigenvalue weighted by atomic mass is 35.5. The van der Waals surface area contributed by atoms with Crippen LogP contribution in [0.15, 0.2) is 30.3 Å². The van der Waals surface area contributed by atoms with Crippen LogP contribution < -0.4 is 15.0 Å². The topological polar surface area (TPSA) is 131 Å². The van der Waals surface area contributed by atoms with Gasteiger partial charge in [-0.25, -0.2) is 9.78 Å². The van der Waals surface area contributed by atoms with Crippen molar-refractivity contribution in [2.24, 2.45) is 0 Å². The molecule has 2 aromatic heterocycles. The van der Waals surface area contributed by atoms with Crippen molar-refractivity contribution in [3.05, 3.63) is 35.4 Å². The number of aliphatic hydroxyl groups excluding tert-OH is 1. The molecule has 0 radical (unpaired) electrons. The average Bonchev–Trinajstić information content (AvgIpc) is 3.60. The number of aliphatic hydroxyl groups is 1. The van der Waals surface area contributed by atoms with Crippen LogP contribution in [-0.4, -0.2) is 89.0 Å². The van der Waals surface area contributed by atoms with Crippen LogP contribution in [0.4, 0.5) is 10.5 Å². The zero-order valence-electron chi connectivity index (χ0n) is 21.8. The molecule has 1 amide bonds. The molecule has 11 nitrogen and oxygen atoms in total. The molecule has 1 aromatic carbocycles. The van der Waals surface area contributed by atoms with Crippen LogP contribution in [0.5, 0.6) is 6.01 Å². The lowest BCUT2D eigenvalue weighted by atomic mass is 10.1. The lowest BCUT2D eigenvalue weighted by Crippen LogP contribution is -2.40. The molecule has 3 saturated heterocycles. The Labute approximate surface area is 230 Å². The van der Waals surface area contributed by atoms with E-state index < -0.39 is 6.10 Å². The maximum Gasteiger partial charge on any atom is 0.407 e. The number of anilines is 1. The molecule has 0 spiro atoms. The van der Waals surface area contributed by atoms with E-state index in [2.05, 4.69) is 32.3 Å². The standard InChI is InChI=1S/C27H32ClN5O6/c1-14(2)29-27(35)38-17-7-9-33(10-8-17)16-5-3-15(4-6-16)22-18(28)11-19-25(31-22)32-26(30-19)39-21-13-37-23-20(34)12-36-24(21)23/h3-6,11,14,17,20-21,23-24,34H,7-10,12-13H2,1-2H3,(H,29,35)(H,30,31,32)/t20?,21-,23-,24-/m1/s1. The maximum atomic E-state index is 11.9. The Morgan fingerprint density at radius 1 is 1.15 bits per heavy atom. The number of aromatic amines is 1. The summed E-state index contributed by atoms with van der Waals surface area (Å²) >= 11 is 6.61. The number of hydrogen-bond acceptors (Lipinski definition) is 9. The predicted octanol–water partition coefficient (Wildman–Crippen LogP) is 3.29. The van der Waals surface area contributed by atoms with Crippen LogP contribution in [0.2, 0.25) is 5.02 Å². The Kier molecular flexibility index (Phi) is 7.23. The maximum absolute atomic E-state index is 11.9. The number of piperidine rings is 1. The Bertz CT molecular complexity index is 1330. The van der Waals surface area contributed by atoms with Crippen molar-refractivity contribution in [1.29, 1.82) is 0 Å². The number of carbonyl (C=O) groups excluding carboxylic acids is 1. The molecule has 0 saturated carbocycles. The first kappa shape index (κ1) is 26.1. The molecule has 0 aliphatic carbocycles. The monoisotopic (exact) mass is 557 g/mol. The number of ether oxygens (including phenoxy) is 4. The smallest absolute Gasteiger partial charge is 0.407 e. The molecule has 3 aliphatic rings. The molecule has 3 aromatic rings. The fourth-order valence-electron chi connectivity index (χ4n) is 5.33. The third kappa shape index (κ3) is 5.49. The van der Waals surface area contributed by atoms with Crippen LogP contribution in [0, 0.1) is 0 Å². The van der Waals surface area contributed by atoms with Gasteiger partial charge in [0.2, 0.25) is 0 Å². The number of aromatic nitrogens is 3. The molecular weight excluding hydrogens is 526 g/mol. The van der Waals surface area contributed by atoms with Crippen molar-refractivity contribution in [2.45, 2.75) is 63.3 Å². The third-order valence-corrected chi connectivity index (χ3v) is 7.57. The summed E-state index contributed by atoms with van der Waals surface area (Å²) in [5, 5.41) is 13.2. The predicted molar refractivity (Wildman–Crippen MR) is 144 cm³/mol. The van der Waals surface area contributed by atoms with Gasteiger partial charge < -0.3 is 39.3 Å². The molecule has 4 atom stereocenters. The first-order chi connectivity index (χ1) is 18.8. The molecule has 12 heteroatoms. The number of imidazole rings is 1. The number of amides is 1. The minimum atomic E-state index is -0.641. The van der Waals surface area contributed by atoms with E-state index in [-0.39, 0.29) is 43.2 Å². The summed E-state index contributed by atoms with van der Waals surface area (Å²) in [7, 11) is 0. The van der Waals surface area contributed by atoms with Crippen molar-refractivity contribution in [2.75, 3.05) is 31.2 Å². The second-order valence-corrected chi connectivity index (χ2v) is 10.9. The second-order valence-electron chi connectivity index (χ2n) is 10.5. The number of pyridine rings is 1. The number of fused-ring (bicyclic) bond motifs is 2. The third-order valence-electron chi connectivity index (χ3n) is 7.28. The Hall–Kier alpha value is -3.12. The summed E-state index contributed by atoms with van der Waals surface area (Å²) in [6, 6.07) is 10.2. The van der Waals surface area contributed by atoms with E-state index in [0.29, 0.717) is 34.5 Å². The Balaban J connectivity index is 1.10. The van der Waals surface area contributed by atoms with Gasteiger partial charge in [-0.1, -0.05) is 23.7 Å². The zero-order valence-corrected chi connectivity index (χ0v) is 22.6. The number of halogens is 1. The first-order valence-electron chi connectivity index (χ1n) is 13.3. The molecule has 3 N–H and O–H groups in total. The highest BCUT2D eigenvalue weighted by Crippen LogP contribution is 2.33. The number of benzene rings is 1. The van der Waals surface area contributed by atoms with Crippen LogP contribution in [0.1, 0.15) is 26.7 Å². The molecule has 3 fully saturated rings. The number of hydrogen-bond donors (Lipinski definition) is 3. The normalized spacial score (nSPS) is 25.3. The summed E-state index contributed by atoms with van der Waals surface area (Å²) in [5.41, 5.74) is 3.74. The van der Waals surface area contributed by atoms with Gasteiger partial charge in [0.15, 0.2) is 11.8 Å². The molecule has 208 valence electrons. The zero-order chi connectivity index (χ0) is 27.1. The van der Waals surface area contributed by atoms with Gasteiger partial charge in [0.05, 0.1) is 29.4 Å². The van der Waals surface area contributed by atoms with Crippen LogP contribution >= 0.6 is 11.6 Å². The van der Waals surface area contributed by atoms with Crippen LogP contribution in [0.25, 0.3) is 22.4 Å². The SMILES string of the molecule is CC(C)NC(=O)OC1CCN(c2ccc(-c3nc4nc(O[C@@H]5CO[C@@H]6C(O)CO[C@@H]65)[nH]c4cc3Cl)cc2)CC1. The Morgan fingerprint density at radius 3 is 2.64 bits per heavy atom. The van der Waals surface area contributed by atoms with Crippen LogP contribution in [-0.2, 0) is 14.2 Å². The summed E-state index contributed by atoms with van der Waals surface area (Å²) < 4.78 is 22.8. The molecule has 5 heterocycles. The molecular formula is C27H32ClN5O6. The van der Waals surface area contributed by atoms with Crippen molar-refractivity contribution in [3.8, 4) is 17.3 Å². The minimum absolute atomic E-state index is 0.0564. The fraction of sp³-hybridized carbons (Fsp3) is 0.519. The largest absolute Gasteiger partial charge is 0.456 e. The van der Waals surface area contributed by atoms with Gasteiger partial charge in [0, 0.05) is 43.2 Å². The molecule has 0 bridgehead atoms. The number of nitrogens with one attached hydrogen (secondary N) is 2. The van der Waals surface area contributed by atoms with Gasteiger partial charge in [-0.3, -0.25) is 0 Å². The number of alkyl carbamates (subject to hydrolysis) is 1. The van der Waals surface area contributed by atoms with Crippen LogP contribution in [0.3, 0.4) is 0 Å². The molecule has 1 unspecified atom stereocenters. The van der Waals surface area contributed by atoms with Crippen molar-refractivity contribution >= 4 is 34.5 Å². The van der Waals surface area contributed by atoms with Gasteiger partial charge in [0.1, 0.15) is 24.4 Å². The summed E-state index contributed by atoms with van der Waals surface area (Å²) in [6.07, 6.45) is -0.588. The van der Waals surface area contributed by atoms with E-state index in [0.717, 1.165) is 37.2 Å². The van der Waals surface area contributed by atoms with Gasteiger partial charge in [0.25, 0.3) is 6.01 Å². The van der Waals surface area contributed by atoms with E-state index in [1.54, 1.807) is 6.07 Å². The summed E-state index contributed by atoms with van der Waals surface area (Å²) in [6.45, 7) is 5.98. The molecule has 6 rings (SSSR count). The van der Waals surface area contributed by atoms with Crippen molar-refractivity contribution < 1.29 is 28.8 Å². The van der Waals surface area contributed by atoms with Gasteiger partial charge in [-0.15, -0.1) is 0 Å². The molecule has 39 heavy (non-hydrogen) atoms. The van der Waals surface area contributed by atoms with Gasteiger partial charge in [-0.05, 0) is 32.0 Å². The van der Waals surface area contributed by atoms with E-state index in [1.807, 2.05) is 26.0 Å². The minimum Gasteiger partial charge on any atom is -0.456 e. The highest BCUT2D eigenvalue weighted by molar-refractivity contribution is 6.33. The number of H-pyrrole nitrogens is 1. The average molecular weight is 558 g/mol. The lowest BCUT2D eigenvalue weighted by Gasteiger charge is -2.33. The number of carbonyl (C=O) groups is 1. The Morgan fingerprint density at radius 2 is 1.90 bits per heavy atom. The van der Waals surface area contributed by atoms with E-state index >= 15 is 0 Å². The molecule has 3 aliphatic heterocycles. The highest BCUT2D eigenvalue weighted by Gasteiger charge is 2.48. The van der Waals surface area contributed by atoms with E-state index in [9.17, 15) is 9.90 Å². The number of rotatable bonds is 6. The van der Waals surface area contributed by atoms with E-state index in [1.165, 1.54) is 0 Å². The lowest BCUT2D eigenvalue weighted by molar-refractivity contribution is 0.00706. The van der Waals surface area contributed by atoms with Gasteiger partial charge >= 0.3 is 6.09 Å². The second kappa shape index (κ2) is 10.8. The quantitative estimate of drug-likeness (QED) is 0.418. The van der Waals surface area contributed by atoms with E-state index in [4.69, 9.17) is 35.5 Å². The number of nitrogens with zero attached hydrogens (tertiary/aromatic N) is 3. The first-order valence-corrected chi connectivity index (χ1v) is 13.7. The summed E-state index contributed by atoms with van der Waals surface area (Å²) in [4.78, 5) is 26.5. The fourth-order valence-corrected chi connectivity index (χ4v) is 5.59.